The minimum atomic E-state index is 0.221. The molecule has 0 bridgehead atoms. The van der Waals surface area contributed by atoms with E-state index in [-0.39, 0.29) is 5.54 Å². The molecule has 2 heteroatoms. The van der Waals surface area contributed by atoms with Crippen LogP contribution in [-0.4, -0.2) is 36.6 Å². The molecule has 0 aromatic rings. The Morgan fingerprint density at radius 2 is 1.52 bits per heavy atom. The number of nitrogens with one attached hydrogen (secondary N) is 1. The average molecular weight is 297 g/mol. The van der Waals surface area contributed by atoms with Crippen LogP contribution < -0.4 is 5.32 Å². The van der Waals surface area contributed by atoms with Crippen molar-refractivity contribution in [2.75, 3.05) is 26.2 Å². The van der Waals surface area contributed by atoms with Gasteiger partial charge in [0.2, 0.25) is 0 Å². The smallest absolute Gasteiger partial charge is 0.00967 e. The summed E-state index contributed by atoms with van der Waals surface area (Å²) in [4.78, 5) is 2.73. The first-order valence-electron chi connectivity index (χ1n) is 9.15. The Labute approximate surface area is 134 Å². The number of rotatable bonds is 7. The van der Waals surface area contributed by atoms with Crippen LogP contribution in [0.2, 0.25) is 0 Å². The zero-order valence-corrected chi connectivity index (χ0v) is 15.8. The molecule has 126 valence electrons. The summed E-state index contributed by atoms with van der Waals surface area (Å²) in [7, 11) is 0. The predicted octanol–water partition coefficient (Wildman–Crippen LogP) is 4.69. The zero-order chi connectivity index (χ0) is 16.1. The molecule has 0 aromatic carbocycles. The van der Waals surface area contributed by atoms with Crippen LogP contribution in [0.25, 0.3) is 0 Å². The standard InChI is InChI=1S/C19H40N2/c1-8-18(7)11-13-21(14-12-18)16-19(9-2,10-3)15-20-17(4,5)6/h20H,8-16H2,1-7H3. The number of hydrogen-bond acceptors (Lipinski definition) is 2. The van der Waals surface area contributed by atoms with E-state index in [0.29, 0.717) is 10.8 Å². The van der Waals surface area contributed by atoms with Crippen molar-refractivity contribution in [3.63, 3.8) is 0 Å². The van der Waals surface area contributed by atoms with Gasteiger partial charge in [0.1, 0.15) is 0 Å². The monoisotopic (exact) mass is 296 g/mol. The molecule has 0 aliphatic carbocycles. The van der Waals surface area contributed by atoms with E-state index >= 15 is 0 Å². The second kappa shape index (κ2) is 7.46. The number of likely N-dealkylation sites (tertiary alicyclic amines) is 1. The summed E-state index contributed by atoms with van der Waals surface area (Å²) in [5.74, 6) is 0. The number of nitrogens with zero attached hydrogens (tertiary/aromatic N) is 1. The molecule has 0 aromatic heterocycles. The molecule has 1 fully saturated rings. The summed E-state index contributed by atoms with van der Waals surface area (Å²) in [6.07, 6.45) is 6.63. The highest BCUT2D eigenvalue weighted by molar-refractivity contribution is 4.89. The van der Waals surface area contributed by atoms with Gasteiger partial charge in [0.05, 0.1) is 0 Å². The fraction of sp³-hybridized carbons (Fsp3) is 1.00. The van der Waals surface area contributed by atoms with E-state index in [1.807, 2.05) is 0 Å². The molecule has 1 N–H and O–H groups in total. The van der Waals surface area contributed by atoms with E-state index in [1.165, 1.54) is 51.7 Å². The van der Waals surface area contributed by atoms with E-state index in [2.05, 4.69) is 58.7 Å². The van der Waals surface area contributed by atoms with Crippen LogP contribution in [0.1, 0.15) is 80.6 Å². The van der Waals surface area contributed by atoms with Gasteiger partial charge in [0.25, 0.3) is 0 Å². The van der Waals surface area contributed by atoms with E-state index in [9.17, 15) is 0 Å². The van der Waals surface area contributed by atoms with Gasteiger partial charge >= 0.3 is 0 Å². The molecule has 1 aliphatic heterocycles. The molecular formula is C19H40N2. The Hall–Kier alpha value is -0.0800. The van der Waals surface area contributed by atoms with Gasteiger partial charge in [-0.2, -0.15) is 0 Å². The highest BCUT2D eigenvalue weighted by Gasteiger charge is 2.34. The second-order valence-corrected chi connectivity index (χ2v) is 8.75. The predicted molar refractivity (Wildman–Crippen MR) is 94.8 cm³/mol. The van der Waals surface area contributed by atoms with Gasteiger partial charge < -0.3 is 10.2 Å². The average Bonchev–Trinajstić information content (AvgIpc) is 2.45. The van der Waals surface area contributed by atoms with Gasteiger partial charge in [-0.05, 0) is 70.4 Å². The topological polar surface area (TPSA) is 15.3 Å². The molecule has 1 rings (SSSR count). The van der Waals surface area contributed by atoms with Gasteiger partial charge in [0, 0.05) is 18.6 Å². The van der Waals surface area contributed by atoms with Crippen molar-refractivity contribution in [1.82, 2.24) is 10.2 Å². The van der Waals surface area contributed by atoms with Crippen LogP contribution >= 0.6 is 0 Å². The van der Waals surface area contributed by atoms with Crippen molar-refractivity contribution in [2.24, 2.45) is 10.8 Å². The molecule has 21 heavy (non-hydrogen) atoms. The maximum absolute atomic E-state index is 3.75. The molecule has 0 amide bonds. The van der Waals surface area contributed by atoms with Gasteiger partial charge in [-0.1, -0.05) is 34.1 Å². The van der Waals surface area contributed by atoms with Crippen LogP contribution in [0.4, 0.5) is 0 Å². The third-order valence-electron chi connectivity index (χ3n) is 5.97. The lowest BCUT2D eigenvalue weighted by molar-refractivity contribution is 0.0638. The lowest BCUT2D eigenvalue weighted by atomic mass is 9.76. The van der Waals surface area contributed by atoms with E-state index in [1.54, 1.807) is 0 Å². The molecule has 2 nitrogen and oxygen atoms in total. The van der Waals surface area contributed by atoms with Crippen molar-refractivity contribution >= 4 is 0 Å². The summed E-state index contributed by atoms with van der Waals surface area (Å²) < 4.78 is 0. The van der Waals surface area contributed by atoms with Crippen molar-refractivity contribution in [3.8, 4) is 0 Å². The summed E-state index contributed by atoms with van der Waals surface area (Å²) in [5.41, 5.74) is 1.26. The van der Waals surface area contributed by atoms with Gasteiger partial charge in [0.15, 0.2) is 0 Å². The molecule has 1 aliphatic rings. The molecule has 0 unspecified atom stereocenters. The van der Waals surface area contributed by atoms with Gasteiger partial charge in [-0.25, -0.2) is 0 Å². The lowest BCUT2D eigenvalue weighted by Crippen LogP contribution is -2.50. The largest absolute Gasteiger partial charge is 0.311 e. The normalized spacial score (nSPS) is 20.7. The van der Waals surface area contributed by atoms with Crippen molar-refractivity contribution in [1.29, 1.82) is 0 Å². The molecule has 0 saturated carbocycles. The molecule has 0 radical (unpaired) electrons. The summed E-state index contributed by atoms with van der Waals surface area (Å²) in [5, 5.41) is 3.75. The fourth-order valence-corrected chi connectivity index (χ4v) is 3.31. The molecule has 1 saturated heterocycles. The van der Waals surface area contributed by atoms with Crippen LogP contribution in [0.15, 0.2) is 0 Å². The quantitative estimate of drug-likeness (QED) is 0.733. The van der Waals surface area contributed by atoms with Crippen molar-refractivity contribution in [3.05, 3.63) is 0 Å². The minimum absolute atomic E-state index is 0.221. The molecular weight excluding hydrogens is 256 g/mol. The van der Waals surface area contributed by atoms with Crippen molar-refractivity contribution < 1.29 is 0 Å². The van der Waals surface area contributed by atoms with Crippen molar-refractivity contribution in [2.45, 2.75) is 86.1 Å². The maximum atomic E-state index is 3.75. The highest BCUT2D eigenvalue weighted by atomic mass is 15.1. The van der Waals surface area contributed by atoms with E-state index < -0.39 is 0 Å². The molecule has 1 heterocycles. The third-order valence-corrected chi connectivity index (χ3v) is 5.97. The summed E-state index contributed by atoms with van der Waals surface area (Å²) in [6.45, 7) is 21.4. The first-order chi connectivity index (χ1) is 9.67. The molecule has 0 atom stereocenters. The van der Waals surface area contributed by atoms with Crippen LogP contribution in [0, 0.1) is 10.8 Å². The Bertz CT molecular complexity index is 291. The zero-order valence-electron chi connectivity index (χ0n) is 15.8. The SMILES string of the molecule is CCC1(C)CCN(CC(CC)(CC)CNC(C)(C)C)CC1. The summed E-state index contributed by atoms with van der Waals surface area (Å²) >= 11 is 0. The van der Waals surface area contributed by atoms with Crippen LogP contribution in [-0.2, 0) is 0 Å². The Morgan fingerprint density at radius 1 is 1.00 bits per heavy atom. The Kier molecular flexibility index (Phi) is 6.74. The Morgan fingerprint density at radius 3 is 1.90 bits per heavy atom. The van der Waals surface area contributed by atoms with Gasteiger partial charge in [-0.3, -0.25) is 0 Å². The fourth-order valence-electron chi connectivity index (χ4n) is 3.31. The number of hydrogen-bond donors (Lipinski definition) is 1. The number of piperidine rings is 1. The molecule has 0 spiro atoms. The first-order valence-corrected chi connectivity index (χ1v) is 9.15. The minimum Gasteiger partial charge on any atom is -0.311 e. The maximum Gasteiger partial charge on any atom is 0.00967 e. The van der Waals surface area contributed by atoms with Crippen LogP contribution in [0.3, 0.4) is 0 Å². The summed E-state index contributed by atoms with van der Waals surface area (Å²) in [6, 6.07) is 0. The first kappa shape index (κ1) is 19.0. The third kappa shape index (κ3) is 5.90. The second-order valence-electron chi connectivity index (χ2n) is 8.75. The highest BCUT2D eigenvalue weighted by Crippen LogP contribution is 2.36. The lowest BCUT2D eigenvalue weighted by Gasteiger charge is -2.44. The van der Waals surface area contributed by atoms with Gasteiger partial charge in [-0.15, -0.1) is 0 Å². The Balaban J connectivity index is 2.58. The van der Waals surface area contributed by atoms with E-state index in [0.717, 1.165) is 6.54 Å². The van der Waals surface area contributed by atoms with E-state index in [4.69, 9.17) is 0 Å². The van der Waals surface area contributed by atoms with Crippen LogP contribution in [0.5, 0.6) is 0 Å².